The lowest BCUT2D eigenvalue weighted by atomic mass is 9.77. The molecule has 0 aliphatic carbocycles. The highest BCUT2D eigenvalue weighted by Gasteiger charge is 2.37. The first-order valence-electron chi connectivity index (χ1n) is 5.89. The molecule has 17 heavy (non-hydrogen) atoms. The number of nitrogens with two attached hydrogens (primary N) is 1. The van der Waals surface area contributed by atoms with Gasteiger partial charge >= 0.3 is 0 Å². The molecular weight excluding hydrogens is 242 g/mol. The Kier molecular flexibility index (Phi) is 4.91. The molecule has 0 aromatic carbocycles. The Balaban J connectivity index is 2.49. The third kappa shape index (κ3) is 4.25. The molecule has 100 valence electrons. The average molecular weight is 263 g/mol. The minimum absolute atomic E-state index is 0.0733. The van der Waals surface area contributed by atoms with E-state index in [0.29, 0.717) is 6.54 Å². The summed E-state index contributed by atoms with van der Waals surface area (Å²) >= 11 is 0. The maximum Gasteiger partial charge on any atom is 0.227 e. The van der Waals surface area contributed by atoms with Crippen LogP contribution in [0.4, 0.5) is 0 Å². The zero-order chi connectivity index (χ0) is 12.9. The molecule has 0 saturated carbocycles. The Bertz CT molecular complexity index is 361. The zero-order valence-corrected chi connectivity index (χ0v) is 11.0. The maximum absolute atomic E-state index is 12.1. The van der Waals surface area contributed by atoms with Crippen molar-refractivity contribution in [2.75, 3.05) is 25.4 Å². The van der Waals surface area contributed by atoms with Crippen molar-refractivity contribution in [2.24, 2.45) is 10.6 Å². The van der Waals surface area contributed by atoms with Crippen LogP contribution in [0.1, 0.15) is 26.2 Å². The van der Waals surface area contributed by atoms with E-state index in [1.807, 2.05) is 6.92 Å². The average Bonchev–Trinajstić information content (AvgIpc) is 2.28. The number of sulfonamides is 1. The Hall–Kier alpha value is -0.660. The van der Waals surface area contributed by atoms with Crippen molar-refractivity contribution in [1.29, 1.82) is 0 Å². The van der Waals surface area contributed by atoms with Gasteiger partial charge in [-0.25, -0.2) is 13.6 Å². The van der Waals surface area contributed by atoms with Gasteiger partial charge in [0.1, 0.15) is 0 Å². The zero-order valence-electron chi connectivity index (χ0n) is 10.2. The Morgan fingerprint density at radius 2 is 2.24 bits per heavy atom. The number of amides is 1. The van der Waals surface area contributed by atoms with Crippen molar-refractivity contribution in [1.82, 2.24) is 10.6 Å². The van der Waals surface area contributed by atoms with E-state index in [2.05, 4.69) is 10.6 Å². The first-order chi connectivity index (χ1) is 7.90. The Morgan fingerprint density at radius 3 is 2.71 bits per heavy atom. The third-order valence-corrected chi connectivity index (χ3v) is 4.08. The highest BCUT2D eigenvalue weighted by molar-refractivity contribution is 7.89. The van der Waals surface area contributed by atoms with E-state index in [4.69, 9.17) is 5.14 Å². The molecule has 1 saturated heterocycles. The molecule has 1 aliphatic rings. The first-order valence-corrected chi connectivity index (χ1v) is 7.61. The molecule has 0 bridgehead atoms. The van der Waals surface area contributed by atoms with E-state index < -0.39 is 15.4 Å². The van der Waals surface area contributed by atoms with Gasteiger partial charge in [0, 0.05) is 13.1 Å². The number of hydrogen-bond acceptors (Lipinski definition) is 4. The summed E-state index contributed by atoms with van der Waals surface area (Å²) in [6.45, 7) is 3.66. The van der Waals surface area contributed by atoms with Crippen LogP contribution >= 0.6 is 0 Å². The van der Waals surface area contributed by atoms with Crippen molar-refractivity contribution in [3.05, 3.63) is 0 Å². The van der Waals surface area contributed by atoms with Crippen molar-refractivity contribution in [3.8, 4) is 0 Å². The van der Waals surface area contributed by atoms with Crippen molar-refractivity contribution < 1.29 is 13.2 Å². The minimum Gasteiger partial charge on any atom is -0.355 e. The number of hydrogen-bond donors (Lipinski definition) is 3. The number of carbonyl (C=O) groups excluding carboxylic acids is 1. The molecule has 1 rings (SSSR count). The van der Waals surface area contributed by atoms with E-state index in [9.17, 15) is 13.2 Å². The lowest BCUT2D eigenvalue weighted by Gasteiger charge is -2.35. The fourth-order valence-corrected chi connectivity index (χ4v) is 2.50. The summed E-state index contributed by atoms with van der Waals surface area (Å²) in [5, 5.41) is 10.7. The predicted molar refractivity (Wildman–Crippen MR) is 65.8 cm³/mol. The van der Waals surface area contributed by atoms with Gasteiger partial charge in [-0.3, -0.25) is 4.79 Å². The van der Waals surface area contributed by atoms with E-state index in [-0.39, 0.29) is 18.2 Å². The number of primary sulfonamides is 1. The van der Waals surface area contributed by atoms with Gasteiger partial charge in [0.05, 0.1) is 11.2 Å². The van der Waals surface area contributed by atoms with Crippen LogP contribution in [-0.2, 0) is 14.8 Å². The molecular formula is C10H21N3O3S. The normalized spacial score (nSPS) is 25.5. The number of nitrogens with one attached hydrogen (secondary N) is 2. The van der Waals surface area contributed by atoms with Gasteiger partial charge in [-0.1, -0.05) is 6.92 Å². The van der Waals surface area contributed by atoms with Crippen LogP contribution in [0.2, 0.25) is 0 Å². The van der Waals surface area contributed by atoms with E-state index >= 15 is 0 Å². The Labute approximate surface area is 102 Å². The van der Waals surface area contributed by atoms with Crippen LogP contribution in [0.25, 0.3) is 0 Å². The van der Waals surface area contributed by atoms with Crippen molar-refractivity contribution in [3.63, 3.8) is 0 Å². The van der Waals surface area contributed by atoms with Gasteiger partial charge in [0.2, 0.25) is 15.9 Å². The van der Waals surface area contributed by atoms with Crippen molar-refractivity contribution >= 4 is 15.9 Å². The first kappa shape index (κ1) is 14.4. The predicted octanol–water partition coefficient (Wildman–Crippen LogP) is -0.829. The van der Waals surface area contributed by atoms with Gasteiger partial charge in [-0.05, 0) is 25.8 Å². The summed E-state index contributed by atoms with van der Waals surface area (Å²) in [4.78, 5) is 12.1. The molecule has 1 amide bonds. The quantitative estimate of drug-likeness (QED) is 0.602. The molecule has 1 heterocycles. The van der Waals surface area contributed by atoms with Crippen LogP contribution in [0, 0.1) is 5.41 Å². The molecule has 1 aliphatic heterocycles. The molecule has 6 nitrogen and oxygen atoms in total. The number of carbonyl (C=O) groups is 1. The molecule has 0 radical (unpaired) electrons. The van der Waals surface area contributed by atoms with E-state index in [0.717, 1.165) is 25.8 Å². The summed E-state index contributed by atoms with van der Waals surface area (Å²) in [7, 11) is -3.51. The standard InChI is InChI=1S/C10H21N3O3S/c1-2-10(4-3-5-12-8-10)9(14)13-6-7-17(11,15)16/h12H,2-8H2,1H3,(H,13,14)(H2,11,15,16). The molecule has 0 spiro atoms. The topological polar surface area (TPSA) is 101 Å². The highest BCUT2D eigenvalue weighted by atomic mass is 32.2. The van der Waals surface area contributed by atoms with Gasteiger partial charge in [-0.15, -0.1) is 0 Å². The second-order valence-corrected chi connectivity index (χ2v) is 6.27. The summed E-state index contributed by atoms with van der Waals surface area (Å²) in [5.74, 6) is -0.290. The lowest BCUT2D eigenvalue weighted by Crippen LogP contribution is -2.51. The van der Waals surface area contributed by atoms with Crippen LogP contribution in [0.15, 0.2) is 0 Å². The molecule has 1 unspecified atom stereocenters. The maximum atomic E-state index is 12.1. The Morgan fingerprint density at radius 1 is 1.53 bits per heavy atom. The number of piperidine rings is 1. The van der Waals surface area contributed by atoms with Crippen LogP contribution < -0.4 is 15.8 Å². The van der Waals surface area contributed by atoms with Crippen LogP contribution in [0.5, 0.6) is 0 Å². The van der Waals surface area contributed by atoms with Gasteiger partial charge in [0.25, 0.3) is 0 Å². The van der Waals surface area contributed by atoms with Gasteiger partial charge in [-0.2, -0.15) is 0 Å². The fourth-order valence-electron chi connectivity index (χ4n) is 2.12. The van der Waals surface area contributed by atoms with Gasteiger partial charge in [0.15, 0.2) is 0 Å². The smallest absolute Gasteiger partial charge is 0.227 e. The molecule has 0 aromatic heterocycles. The fraction of sp³-hybridized carbons (Fsp3) is 0.900. The molecule has 0 aromatic rings. The van der Waals surface area contributed by atoms with Crippen molar-refractivity contribution in [2.45, 2.75) is 26.2 Å². The lowest BCUT2D eigenvalue weighted by molar-refractivity contribution is -0.132. The minimum atomic E-state index is -3.51. The number of rotatable bonds is 5. The third-order valence-electron chi connectivity index (χ3n) is 3.30. The largest absolute Gasteiger partial charge is 0.355 e. The molecule has 4 N–H and O–H groups in total. The molecule has 1 atom stereocenters. The van der Waals surface area contributed by atoms with Gasteiger partial charge < -0.3 is 10.6 Å². The summed E-state index contributed by atoms with van der Waals surface area (Å²) in [6, 6.07) is 0. The highest BCUT2D eigenvalue weighted by Crippen LogP contribution is 2.29. The summed E-state index contributed by atoms with van der Waals surface area (Å²) in [5.41, 5.74) is -0.392. The second kappa shape index (κ2) is 5.79. The van der Waals surface area contributed by atoms with E-state index in [1.54, 1.807) is 0 Å². The van der Waals surface area contributed by atoms with Crippen LogP contribution in [0.3, 0.4) is 0 Å². The molecule has 7 heteroatoms. The van der Waals surface area contributed by atoms with Crippen LogP contribution in [-0.4, -0.2) is 39.7 Å². The molecule has 1 fully saturated rings. The SMILES string of the molecule is CCC1(C(=O)NCCS(N)(=O)=O)CCCNC1. The summed E-state index contributed by atoms with van der Waals surface area (Å²) in [6.07, 6.45) is 2.56. The summed E-state index contributed by atoms with van der Waals surface area (Å²) < 4.78 is 21.5. The second-order valence-electron chi connectivity index (χ2n) is 4.54. The van der Waals surface area contributed by atoms with E-state index in [1.165, 1.54) is 0 Å². The monoisotopic (exact) mass is 263 g/mol.